The summed E-state index contributed by atoms with van der Waals surface area (Å²) in [6.45, 7) is 0.281. The molecule has 0 atom stereocenters. The minimum Gasteiger partial charge on any atom is -0.497 e. The molecule has 26 heavy (non-hydrogen) atoms. The molecule has 9 heteroatoms. The largest absolute Gasteiger partial charge is 0.497 e. The Morgan fingerprint density at radius 3 is 2.58 bits per heavy atom. The molecule has 2 aromatic carbocycles. The third kappa shape index (κ3) is 3.72. The first-order valence-corrected chi connectivity index (χ1v) is 7.64. The SMILES string of the molecule is COc1ccc(-c2noc(CNc3ccc([N+](=O)[O-])cc3)n2)c(OC)c1. The normalized spacial score (nSPS) is 10.4. The number of aromatic nitrogens is 2. The lowest BCUT2D eigenvalue weighted by Crippen LogP contribution is -2.00. The van der Waals surface area contributed by atoms with Gasteiger partial charge in [-0.15, -0.1) is 0 Å². The Balaban J connectivity index is 1.71. The summed E-state index contributed by atoms with van der Waals surface area (Å²) in [5.74, 6) is 2.00. The Kier molecular flexibility index (Phi) is 4.97. The van der Waals surface area contributed by atoms with E-state index in [-0.39, 0.29) is 12.2 Å². The van der Waals surface area contributed by atoms with E-state index in [0.29, 0.717) is 34.5 Å². The molecule has 3 rings (SSSR count). The molecule has 134 valence electrons. The van der Waals surface area contributed by atoms with E-state index in [1.165, 1.54) is 12.1 Å². The average Bonchev–Trinajstić information content (AvgIpc) is 3.15. The number of anilines is 1. The highest BCUT2D eigenvalue weighted by Crippen LogP contribution is 2.31. The molecule has 1 N–H and O–H groups in total. The zero-order valence-corrected chi connectivity index (χ0v) is 14.1. The lowest BCUT2D eigenvalue weighted by Gasteiger charge is -2.07. The van der Waals surface area contributed by atoms with E-state index in [4.69, 9.17) is 14.0 Å². The maximum atomic E-state index is 10.7. The predicted molar refractivity (Wildman–Crippen MR) is 93.3 cm³/mol. The maximum absolute atomic E-state index is 10.7. The molecule has 1 aromatic heterocycles. The lowest BCUT2D eigenvalue weighted by molar-refractivity contribution is -0.384. The predicted octanol–water partition coefficient (Wildman–Crippen LogP) is 3.27. The molecule has 0 fully saturated rings. The molecule has 0 aliphatic carbocycles. The third-order valence-corrected chi connectivity index (χ3v) is 3.64. The van der Waals surface area contributed by atoms with Gasteiger partial charge in [-0.1, -0.05) is 5.16 Å². The van der Waals surface area contributed by atoms with Crippen molar-refractivity contribution in [2.24, 2.45) is 0 Å². The van der Waals surface area contributed by atoms with Gasteiger partial charge >= 0.3 is 0 Å². The Labute approximate surface area is 148 Å². The molecule has 1 heterocycles. The van der Waals surface area contributed by atoms with E-state index in [1.54, 1.807) is 44.6 Å². The third-order valence-electron chi connectivity index (χ3n) is 3.64. The van der Waals surface area contributed by atoms with E-state index >= 15 is 0 Å². The quantitative estimate of drug-likeness (QED) is 0.507. The Morgan fingerprint density at radius 2 is 1.92 bits per heavy atom. The average molecular weight is 356 g/mol. The van der Waals surface area contributed by atoms with E-state index < -0.39 is 4.92 Å². The van der Waals surface area contributed by atoms with Gasteiger partial charge in [-0.3, -0.25) is 10.1 Å². The van der Waals surface area contributed by atoms with Crippen LogP contribution in [0.3, 0.4) is 0 Å². The Morgan fingerprint density at radius 1 is 1.15 bits per heavy atom. The summed E-state index contributed by atoms with van der Waals surface area (Å²) in [6.07, 6.45) is 0. The highest BCUT2D eigenvalue weighted by Gasteiger charge is 2.14. The first-order valence-electron chi connectivity index (χ1n) is 7.64. The van der Waals surface area contributed by atoms with Crippen molar-refractivity contribution in [3.63, 3.8) is 0 Å². The molecule has 0 aliphatic heterocycles. The number of hydrogen-bond donors (Lipinski definition) is 1. The number of nitrogens with zero attached hydrogens (tertiary/aromatic N) is 3. The first kappa shape index (κ1) is 17.2. The van der Waals surface area contributed by atoms with Gasteiger partial charge < -0.3 is 19.3 Å². The molecule has 0 radical (unpaired) electrons. The van der Waals surface area contributed by atoms with Crippen molar-refractivity contribution in [2.45, 2.75) is 6.54 Å². The summed E-state index contributed by atoms with van der Waals surface area (Å²) in [7, 11) is 3.13. The number of nitro groups is 1. The van der Waals surface area contributed by atoms with E-state index in [9.17, 15) is 10.1 Å². The van der Waals surface area contributed by atoms with Crippen LogP contribution >= 0.6 is 0 Å². The topological polar surface area (TPSA) is 113 Å². The van der Waals surface area contributed by atoms with E-state index in [0.717, 1.165) is 0 Å². The van der Waals surface area contributed by atoms with Crippen molar-refractivity contribution < 1.29 is 18.9 Å². The highest BCUT2D eigenvalue weighted by atomic mass is 16.6. The van der Waals surface area contributed by atoms with Crippen LogP contribution < -0.4 is 14.8 Å². The molecule has 0 bridgehead atoms. The highest BCUT2D eigenvalue weighted by molar-refractivity contribution is 5.65. The summed E-state index contributed by atoms with van der Waals surface area (Å²) >= 11 is 0. The number of hydrogen-bond acceptors (Lipinski definition) is 8. The molecule has 0 unspecified atom stereocenters. The monoisotopic (exact) mass is 356 g/mol. The van der Waals surface area contributed by atoms with Crippen LogP contribution in [0.1, 0.15) is 5.89 Å². The molecular formula is C17H16N4O5. The summed E-state index contributed by atoms with van der Waals surface area (Å²) in [4.78, 5) is 14.5. The molecule has 3 aromatic rings. The zero-order valence-electron chi connectivity index (χ0n) is 14.1. The van der Waals surface area contributed by atoms with E-state index in [2.05, 4.69) is 15.5 Å². The van der Waals surface area contributed by atoms with Crippen LogP contribution in [0.5, 0.6) is 11.5 Å². The second-order valence-corrected chi connectivity index (χ2v) is 5.24. The standard InChI is InChI=1S/C17H16N4O5/c1-24-13-7-8-14(15(9-13)25-2)17-19-16(26-20-17)10-18-11-3-5-12(6-4-11)21(22)23/h3-9,18H,10H2,1-2H3. The number of ether oxygens (including phenoxy) is 2. The lowest BCUT2D eigenvalue weighted by atomic mass is 10.2. The summed E-state index contributed by atoms with van der Waals surface area (Å²) in [6, 6.07) is 11.4. The van der Waals surface area contributed by atoms with Gasteiger partial charge in [0.05, 0.1) is 31.3 Å². The van der Waals surface area contributed by atoms with Crippen molar-refractivity contribution >= 4 is 11.4 Å². The molecule has 0 spiro atoms. The molecule has 0 saturated carbocycles. The molecule has 9 nitrogen and oxygen atoms in total. The van der Waals surface area contributed by atoms with Crippen LogP contribution in [-0.2, 0) is 6.54 Å². The second kappa shape index (κ2) is 7.51. The van der Waals surface area contributed by atoms with Crippen molar-refractivity contribution in [2.75, 3.05) is 19.5 Å². The van der Waals surface area contributed by atoms with E-state index in [1.807, 2.05) is 0 Å². The van der Waals surface area contributed by atoms with Crippen molar-refractivity contribution in [3.05, 3.63) is 58.5 Å². The number of benzene rings is 2. The summed E-state index contributed by atoms with van der Waals surface area (Å²) < 4.78 is 15.7. The second-order valence-electron chi connectivity index (χ2n) is 5.24. The molecule has 0 aliphatic rings. The summed E-state index contributed by atoms with van der Waals surface area (Å²) in [5.41, 5.74) is 1.42. The maximum Gasteiger partial charge on any atom is 0.269 e. The zero-order chi connectivity index (χ0) is 18.5. The molecule has 0 saturated heterocycles. The van der Waals surface area contributed by atoms with Gasteiger partial charge in [-0.05, 0) is 24.3 Å². The van der Waals surface area contributed by atoms with Gasteiger partial charge in [0.1, 0.15) is 11.5 Å². The van der Waals surface area contributed by atoms with Crippen molar-refractivity contribution in [1.29, 1.82) is 0 Å². The van der Waals surface area contributed by atoms with Crippen LogP contribution in [-0.4, -0.2) is 29.3 Å². The fraction of sp³-hybridized carbons (Fsp3) is 0.176. The van der Waals surface area contributed by atoms with Gasteiger partial charge in [0.25, 0.3) is 5.69 Å². The minimum atomic E-state index is -0.448. The van der Waals surface area contributed by atoms with Crippen LogP contribution in [0.25, 0.3) is 11.4 Å². The smallest absolute Gasteiger partial charge is 0.269 e. The molecular weight excluding hydrogens is 340 g/mol. The van der Waals surface area contributed by atoms with Gasteiger partial charge in [0.15, 0.2) is 0 Å². The number of methoxy groups -OCH3 is 2. The number of nitro benzene ring substituents is 1. The van der Waals surface area contributed by atoms with Gasteiger partial charge in [-0.25, -0.2) is 0 Å². The molecule has 0 amide bonds. The first-order chi connectivity index (χ1) is 12.6. The van der Waals surface area contributed by atoms with Gasteiger partial charge in [0, 0.05) is 23.9 Å². The Bertz CT molecular complexity index is 908. The van der Waals surface area contributed by atoms with Gasteiger partial charge in [0.2, 0.25) is 11.7 Å². The Hall–Kier alpha value is -3.62. The van der Waals surface area contributed by atoms with Crippen LogP contribution in [0.15, 0.2) is 47.0 Å². The fourth-order valence-electron chi connectivity index (χ4n) is 2.30. The van der Waals surface area contributed by atoms with Crippen LogP contribution in [0, 0.1) is 10.1 Å². The van der Waals surface area contributed by atoms with Crippen molar-refractivity contribution in [1.82, 2.24) is 10.1 Å². The van der Waals surface area contributed by atoms with Crippen LogP contribution in [0.4, 0.5) is 11.4 Å². The van der Waals surface area contributed by atoms with Crippen LogP contribution in [0.2, 0.25) is 0 Å². The number of non-ortho nitro benzene ring substituents is 1. The minimum absolute atomic E-state index is 0.0298. The van der Waals surface area contributed by atoms with Gasteiger partial charge in [-0.2, -0.15) is 4.98 Å². The van der Waals surface area contributed by atoms with Crippen molar-refractivity contribution in [3.8, 4) is 22.9 Å². The summed E-state index contributed by atoms with van der Waals surface area (Å²) in [5, 5.41) is 17.7. The fourth-order valence-corrected chi connectivity index (χ4v) is 2.30. The number of rotatable bonds is 7. The number of nitrogens with one attached hydrogen (secondary N) is 1.